The van der Waals surface area contributed by atoms with Crippen LogP contribution in [-0.2, 0) is 19.1 Å². The monoisotopic (exact) mass is 300 g/mol. The van der Waals surface area contributed by atoms with Crippen molar-refractivity contribution in [2.45, 2.75) is 17.8 Å². The second kappa shape index (κ2) is 6.17. The van der Waals surface area contributed by atoms with Crippen molar-refractivity contribution in [3.8, 4) is 0 Å². The Bertz CT molecular complexity index is 193. The minimum atomic E-state index is -0.481. The van der Waals surface area contributed by atoms with E-state index in [4.69, 9.17) is 4.74 Å². The average molecular weight is 300 g/mol. The van der Waals surface area contributed by atoms with E-state index < -0.39 is 15.8 Å². The standard InChI is InChI=1S/C8H13IO4/c1-4-13-8(11)6(9)5(2)7(10)12-3/h5-6H,4H2,1-3H3/t5-,6-/m1/s1. The molecule has 0 aromatic heterocycles. The number of alkyl halides is 1. The van der Waals surface area contributed by atoms with Crippen LogP contribution < -0.4 is 0 Å². The van der Waals surface area contributed by atoms with Gasteiger partial charge in [0.15, 0.2) is 0 Å². The molecule has 0 aliphatic heterocycles. The molecule has 0 spiro atoms. The zero-order valence-corrected chi connectivity index (χ0v) is 10.0. The van der Waals surface area contributed by atoms with Crippen molar-refractivity contribution in [1.29, 1.82) is 0 Å². The van der Waals surface area contributed by atoms with Gasteiger partial charge in [-0.25, -0.2) is 0 Å². The molecule has 0 rings (SSSR count). The first-order valence-corrected chi connectivity index (χ1v) is 5.17. The highest BCUT2D eigenvalue weighted by Gasteiger charge is 2.29. The molecule has 13 heavy (non-hydrogen) atoms. The van der Waals surface area contributed by atoms with Crippen molar-refractivity contribution in [2.75, 3.05) is 13.7 Å². The van der Waals surface area contributed by atoms with Gasteiger partial charge in [0.25, 0.3) is 0 Å². The molecule has 4 nitrogen and oxygen atoms in total. The van der Waals surface area contributed by atoms with Crippen molar-refractivity contribution in [3.05, 3.63) is 0 Å². The van der Waals surface area contributed by atoms with E-state index in [1.165, 1.54) is 7.11 Å². The van der Waals surface area contributed by atoms with E-state index in [0.29, 0.717) is 6.61 Å². The summed E-state index contributed by atoms with van der Waals surface area (Å²) in [7, 11) is 1.30. The lowest BCUT2D eigenvalue weighted by Crippen LogP contribution is -2.30. The molecule has 2 atom stereocenters. The SMILES string of the molecule is CCOC(=O)[C@H](I)[C@@H](C)C(=O)OC. The van der Waals surface area contributed by atoms with Crippen LogP contribution in [0, 0.1) is 5.92 Å². The van der Waals surface area contributed by atoms with Gasteiger partial charge in [-0.05, 0) is 6.92 Å². The van der Waals surface area contributed by atoms with Gasteiger partial charge >= 0.3 is 11.9 Å². The average Bonchev–Trinajstić information content (AvgIpc) is 2.14. The van der Waals surface area contributed by atoms with Gasteiger partial charge < -0.3 is 9.47 Å². The van der Waals surface area contributed by atoms with E-state index in [1.807, 2.05) is 22.6 Å². The Morgan fingerprint density at radius 1 is 1.38 bits per heavy atom. The van der Waals surface area contributed by atoms with Gasteiger partial charge in [0, 0.05) is 0 Å². The van der Waals surface area contributed by atoms with E-state index in [9.17, 15) is 9.59 Å². The molecule has 0 aromatic carbocycles. The smallest absolute Gasteiger partial charge is 0.319 e. The predicted octanol–water partition coefficient (Wildman–Crippen LogP) is 1.16. The molecule has 0 unspecified atom stereocenters. The second-order valence-electron chi connectivity index (χ2n) is 2.47. The molecule has 0 aliphatic rings. The van der Waals surface area contributed by atoms with Crippen LogP contribution in [-0.4, -0.2) is 29.6 Å². The van der Waals surface area contributed by atoms with Gasteiger partial charge in [0.2, 0.25) is 0 Å². The van der Waals surface area contributed by atoms with Gasteiger partial charge in [-0.3, -0.25) is 9.59 Å². The van der Waals surface area contributed by atoms with Crippen molar-refractivity contribution in [3.63, 3.8) is 0 Å². The van der Waals surface area contributed by atoms with Gasteiger partial charge in [-0.1, -0.05) is 29.5 Å². The van der Waals surface area contributed by atoms with Gasteiger partial charge in [0.05, 0.1) is 19.6 Å². The minimum absolute atomic E-state index is 0.326. The van der Waals surface area contributed by atoms with Crippen LogP contribution in [0.25, 0.3) is 0 Å². The van der Waals surface area contributed by atoms with Gasteiger partial charge in [0.1, 0.15) is 3.92 Å². The molecule has 0 saturated carbocycles. The fourth-order valence-electron chi connectivity index (χ4n) is 0.731. The molecule has 0 bridgehead atoms. The Kier molecular flexibility index (Phi) is 6.02. The molecule has 76 valence electrons. The number of esters is 2. The van der Waals surface area contributed by atoms with Crippen LogP contribution in [0.3, 0.4) is 0 Å². The van der Waals surface area contributed by atoms with E-state index in [0.717, 1.165) is 0 Å². The maximum absolute atomic E-state index is 11.2. The molecule has 0 heterocycles. The number of hydrogen-bond acceptors (Lipinski definition) is 4. The molecule has 0 fully saturated rings. The molecule has 0 radical (unpaired) electrons. The summed E-state index contributed by atoms with van der Waals surface area (Å²) in [6.07, 6.45) is 0. The number of carbonyl (C=O) groups excluding carboxylic acids is 2. The molecule has 0 saturated heterocycles. The Labute approximate surface area is 91.1 Å². The van der Waals surface area contributed by atoms with Gasteiger partial charge in [-0.15, -0.1) is 0 Å². The number of rotatable bonds is 4. The number of ether oxygens (including phenoxy) is 2. The van der Waals surface area contributed by atoms with Crippen LogP contribution >= 0.6 is 22.6 Å². The molecule has 0 aliphatic carbocycles. The largest absolute Gasteiger partial charge is 0.469 e. The number of hydrogen-bond donors (Lipinski definition) is 0. The first-order valence-electron chi connectivity index (χ1n) is 3.93. The quantitative estimate of drug-likeness (QED) is 0.444. The second-order valence-corrected chi connectivity index (χ2v) is 3.81. The highest BCUT2D eigenvalue weighted by molar-refractivity contribution is 14.1. The van der Waals surface area contributed by atoms with Crippen molar-refractivity contribution in [2.24, 2.45) is 5.92 Å². The normalized spacial score (nSPS) is 14.5. The summed E-state index contributed by atoms with van der Waals surface area (Å²) < 4.78 is 8.79. The molecule has 0 N–H and O–H groups in total. The zero-order valence-electron chi connectivity index (χ0n) is 7.87. The van der Waals surface area contributed by atoms with E-state index >= 15 is 0 Å². The Balaban J connectivity index is 4.16. The molecular formula is C8H13IO4. The molecule has 5 heteroatoms. The van der Waals surface area contributed by atoms with Crippen molar-refractivity contribution >= 4 is 34.5 Å². The zero-order chi connectivity index (χ0) is 10.4. The fourth-order valence-corrected chi connectivity index (χ4v) is 1.20. The summed E-state index contributed by atoms with van der Waals surface area (Å²) in [6.45, 7) is 3.69. The van der Waals surface area contributed by atoms with Gasteiger partial charge in [-0.2, -0.15) is 0 Å². The molecule has 0 aromatic rings. The summed E-state index contributed by atoms with van der Waals surface area (Å²) in [5.41, 5.74) is 0. The Morgan fingerprint density at radius 2 is 1.92 bits per heavy atom. The summed E-state index contributed by atoms with van der Waals surface area (Å²) in [4.78, 5) is 22.2. The summed E-state index contributed by atoms with van der Waals surface area (Å²) in [5, 5.41) is 0. The third kappa shape index (κ3) is 3.93. The van der Waals surface area contributed by atoms with Crippen molar-refractivity contribution in [1.82, 2.24) is 0 Å². The topological polar surface area (TPSA) is 52.6 Å². The lowest BCUT2D eigenvalue weighted by Gasteiger charge is -2.14. The molecule has 0 amide bonds. The summed E-state index contributed by atoms with van der Waals surface area (Å²) in [6, 6.07) is 0. The van der Waals surface area contributed by atoms with E-state index in [2.05, 4.69) is 4.74 Å². The third-order valence-corrected chi connectivity index (χ3v) is 3.11. The van der Waals surface area contributed by atoms with Crippen molar-refractivity contribution < 1.29 is 19.1 Å². The minimum Gasteiger partial charge on any atom is -0.469 e. The Morgan fingerprint density at radius 3 is 2.31 bits per heavy atom. The van der Waals surface area contributed by atoms with Crippen LogP contribution in [0.5, 0.6) is 0 Å². The van der Waals surface area contributed by atoms with Crippen LogP contribution in [0.4, 0.5) is 0 Å². The fraction of sp³-hybridized carbons (Fsp3) is 0.750. The lowest BCUT2D eigenvalue weighted by atomic mass is 10.1. The highest BCUT2D eigenvalue weighted by Crippen LogP contribution is 2.16. The van der Waals surface area contributed by atoms with E-state index in [1.54, 1.807) is 13.8 Å². The molecular weight excluding hydrogens is 287 g/mol. The first kappa shape index (κ1) is 12.7. The Hall–Kier alpha value is -0.330. The number of methoxy groups -OCH3 is 1. The van der Waals surface area contributed by atoms with E-state index in [-0.39, 0.29) is 5.97 Å². The third-order valence-electron chi connectivity index (χ3n) is 1.52. The number of halogens is 1. The lowest BCUT2D eigenvalue weighted by molar-refractivity contribution is -0.151. The first-order chi connectivity index (χ1) is 6.04. The summed E-state index contributed by atoms with van der Waals surface area (Å²) in [5.74, 6) is -1.24. The van der Waals surface area contributed by atoms with Crippen LogP contribution in [0.15, 0.2) is 0 Å². The highest BCUT2D eigenvalue weighted by atomic mass is 127. The number of carbonyl (C=O) groups is 2. The van der Waals surface area contributed by atoms with Crippen LogP contribution in [0.1, 0.15) is 13.8 Å². The maximum atomic E-state index is 11.2. The maximum Gasteiger partial charge on any atom is 0.319 e. The van der Waals surface area contributed by atoms with Crippen LogP contribution in [0.2, 0.25) is 0 Å². The predicted molar refractivity (Wildman–Crippen MR) is 55.6 cm³/mol. The summed E-state index contributed by atoms with van der Waals surface area (Å²) >= 11 is 1.88.